The van der Waals surface area contributed by atoms with Crippen LogP contribution in [0.4, 0.5) is 0 Å². The lowest BCUT2D eigenvalue weighted by Gasteiger charge is -2.64. The number of methoxy groups -OCH3 is 1. The number of rotatable bonds is 7. The van der Waals surface area contributed by atoms with Gasteiger partial charge in [0.2, 0.25) is 0 Å². The highest BCUT2D eigenvalue weighted by Crippen LogP contribution is 2.69. The highest BCUT2D eigenvalue weighted by Gasteiger charge is 2.62. The second kappa shape index (κ2) is 8.83. The summed E-state index contributed by atoms with van der Waals surface area (Å²) in [5.74, 6) is 3.63. The van der Waals surface area contributed by atoms with E-state index in [1.807, 2.05) is 21.0 Å². The van der Waals surface area contributed by atoms with Crippen LogP contribution in [-0.2, 0) is 4.74 Å². The zero-order valence-corrected chi connectivity index (χ0v) is 22.0. The van der Waals surface area contributed by atoms with Crippen molar-refractivity contribution in [1.29, 1.82) is 0 Å². The number of aliphatic hydroxyl groups is 2. The minimum Gasteiger partial charge on any atom is -0.390 e. The summed E-state index contributed by atoms with van der Waals surface area (Å²) < 4.78 is 6.28. The third-order valence-corrected chi connectivity index (χ3v) is 11.4. The van der Waals surface area contributed by atoms with Gasteiger partial charge in [0.05, 0.1) is 17.3 Å². The first-order valence-corrected chi connectivity index (χ1v) is 13.9. The standard InChI is InChI=1S/C29H52O3/c1-7-29(31)17-16-28(5)20(19-29)18-21(24(32-6)11-9-13-26(2,3)30)25-22-10-8-14-27(22,4)15-12-23(25)28/h20-25,30-31H,7-19H2,1-6H3/t20-,21?,22-,23-,24+,25+,27-,28-,29-/m0/s1. The quantitative estimate of drug-likeness (QED) is 0.453. The first kappa shape index (κ1) is 25.0. The maximum Gasteiger partial charge on any atom is 0.0648 e. The Morgan fingerprint density at radius 1 is 1.06 bits per heavy atom. The Balaban J connectivity index is 1.63. The summed E-state index contributed by atoms with van der Waals surface area (Å²) >= 11 is 0. The van der Waals surface area contributed by atoms with Gasteiger partial charge in [0, 0.05) is 7.11 Å². The van der Waals surface area contributed by atoms with Crippen LogP contribution in [0.25, 0.3) is 0 Å². The topological polar surface area (TPSA) is 49.7 Å². The molecule has 0 bridgehead atoms. The first-order valence-electron chi connectivity index (χ1n) is 13.9. The maximum atomic E-state index is 11.3. The molecule has 0 spiro atoms. The summed E-state index contributed by atoms with van der Waals surface area (Å²) in [6.45, 7) is 11.2. The SMILES string of the molecule is CC[C@]1(O)CC[C@@]2(C)[C@@H](CC([C@@H](CCCC(C)(C)O)OC)[C@@H]3[C@@H]4CCC[C@@]4(C)CC[C@@H]32)C1. The van der Waals surface area contributed by atoms with Crippen molar-refractivity contribution < 1.29 is 14.9 Å². The molecule has 4 aliphatic rings. The molecule has 0 aromatic carbocycles. The Bertz CT molecular complexity index is 655. The zero-order chi connectivity index (χ0) is 23.4. The predicted octanol–water partition coefficient (Wildman–Crippen LogP) is 6.74. The molecule has 32 heavy (non-hydrogen) atoms. The normalized spacial score (nSPS) is 47.4. The van der Waals surface area contributed by atoms with Gasteiger partial charge in [0.25, 0.3) is 0 Å². The maximum absolute atomic E-state index is 11.3. The van der Waals surface area contributed by atoms with Gasteiger partial charge in [0.15, 0.2) is 0 Å². The van der Waals surface area contributed by atoms with Gasteiger partial charge in [-0.2, -0.15) is 0 Å². The van der Waals surface area contributed by atoms with Crippen molar-refractivity contribution in [3.05, 3.63) is 0 Å². The molecule has 1 unspecified atom stereocenters. The fourth-order valence-electron chi connectivity index (χ4n) is 9.34. The predicted molar refractivity (Wildman–Crippen MR) is 131 cm³/mol. The minimum atomic E-state index is -0.595. The van der Waals surface area contributed by atoms with Crippen LogP contribution < -0.4 is 0 Å². The Kier molecular flexibility index (Phi) is 6.89. The largest absolute Gasteiger partial charge is 0.390 e. The lowest BCUT2D eigenvalue weighted by atomic mass is 9.41. The van der Waals surface area contributed by atoms with Gasteiger partial charge in [-0.25, -0.2) is 0 Å². The summed E-state index contributed by atoms with van der Waals surface area (Å²) in [5.41, 5.74) is -0.131. The second-order valence-corrected chi connectivity index (χ2v) is 13.7. The molecule has 4 saturated carbocycles. The van der Waals surface area contributed by atoms with E-state index in [4.69, 9.17) is 4.74 Å². The summed E-state index contributed by atoms with van der Waals surface area (Å²) in [5, 5.41) is 21.5. The van der Waals surface area contributed by atoms with Crippen LogP contribution in [0.5, 0.6) is 0 Å². The van der Waals surface area contributed by atoms with Crippen LogP contribution in [-0.4, -0.2) is 34.6 Å². The van der Waals surface area contributed by atoms with Crippen LogP contribution in [0, 0.1) is 40.4 Å². The molecule has 0 aromatic heterocycles. The van der Waals surface area contributed by atoms with Crippen LogP contribution in [0.3, 0.4) is 0 Å². The fraction of sp³-hybridized carbons (Fsp3) is 1.00. The molecule has 0 aliphatic heterocycles. The number of hydrogen-bond donors (Lipinski definition) is 2. The van der Waals surface area contributed by atoms with Crippen LogP contribution >= 0.6 is 0 Å². The van der Waals surface area contributed by atoms with Gasteiger partial charge >= 0.3 is 0 Å². The number of fused-ring (bicyclic) bond motifs is 5. The van der Waals surface area contributed by atoms with Crippen LogP contribution in [0.15, 0.2) is 0 Å². The third kappa shape index (κ3) is 4.44. The summed E-state index contributed by atoms with van der Waals surface area (Å²) in [6, 6.07) is 0. The van der Waals surface area contributed by atoms with Crippen molar-refractivity contribution in [3.8, 4) is 0 Å². The van der Waals surface area contributed by atoms with Gasteiger partial charge in [-0.05, 0) is 131 Å². The summed E-state index contributed by atoms with van der Waals surface area (Å²) in [7, 11) is 1.93. The molecule has 186 valence electrons. The van der Waals surface area contributed by atoms with E-state index >= 15 is 0 Å². The molecular weight excluding hydrogens is 396 g/mol. The van der Waals surface area contributed by atoms with E-state index in [9.17, 15) is 10.2 Å². The second-order valence-electron chi connectivity index (χ2n) is 13.7. The molecule has 4 rings (SSSR count). The van der Waals surface area contributed by atoms with Gasteiger partial charge < -0.3 is 14.9 Å². The monoisotopic (exact) mass is 448 g/mol. The van der Waals surface area contributed by atoms with Crippen molar-refractivity contribution in [2.75, 3.05) is 7.11 Å². The Hall–Kier alpha value is -0.120. The number of ether oxygens (including phenoxy) is 1. The molecule has 4 aliphatic carbocycles. The molecule has 0 aromatic rings. The van der Waals surface area contributed by atoms with Crippen molar-refractivity contribution in [1.82, 2.24) is 0 Å². The van der Waals surface area contributed by atoms with Gasteiger partial charge in [-0.3, -0.25) is 0 Å². The highest BCUT2D eigenvalue weighted by molar-refractivity contribution is 5.11. The number of hydrogen-bond acceptors (Lipinski definition) is 3. The van der Waals surface area contributed by atoms with Gasteiger partial charge in [0.1, 0.15) is 0 Å². The van der Waals surface area contributed by atoms with E-state index in [1.54, 1.807) is 0 Å². The van der Waals surface area contributed by atoms with Crippen LogP contribution in [0.1, 0.15) is 118 Å². The molecule has 4 fully saturated rings. The molecule has 3 heteroatoms. The molecule has 2 N–H and O–H groups in total. The van der Waals surface area contributed by atoms with Gasteiger partial charge in [-0.15, -0.1) is 0 Å². The van der Waals surface area contributed by atoms with E-state index in [-0.39, 0.29) is 6.10 Å². The van der Waals surface area contributed by atoms with E-state index in [0.717, 1.165) is 56.3 Å². The Morgan fingerprint density at radius 2 is 1.81 bits per heavy atom. The van der Waals surface area contributed by atoms with E-state index in [1.165, 1.54) is 44.9 Å². The summed E-state index contributed by atoms with van der Waals surface area (Å²) in [4.78, 5) is 0. The molecule has 0 radical (unpaired) electrons. The lowest BCUT2D eigenvalue weighted by Crippen LogP contribution is -2.59. The van der Waals surface area contributed by atoms with Crippen molar-refractivity contribution >= 4 is 0 Å². The molecular formula is C29H52O3. The van der Waals surface area contributed by atoms with E-state index in [0.29, 0.717) is 22.7 Å². The molecule has 0 amide bonds. The average molecular weight is 449 g/mol. The van der Waals surface area contributed by atoms with Crippen molar-refractivity contribution in [2.24, 2.45) is 40.4 Å². The van der Waals surface area contributed by atoms with Crippen molar-refractivity contribution in [3.63, 3.8) is 0 Å². The van der Waals surface area contributed by atoms with Crippen LogP contribution in [0.2, 0.25) is 0 Å². The van der Waals surface area contributed by atoms with Crippen molar-refractivity contribution in [2.45, 2.75) is 135 Å². The third-order valence-electron chi connectivity index (χ3n) is 11.4. The molecule has 3 nitrogen and oxygen atoms in total. The smallest absolute Gasteiger partial charge is 0.0648 e. The Morgan fingerprint density at radius 3 is 2.47 bits per heavy atom. The molecule has 9 atom stereocenters. The van der Waals surface area contributed by atoms with Gasteiger partial charge in [-0.1, -0.05) is 27.2 Å². The van der Waals surface area contributed by atoms with E-state index < -0.39 is 11.2 Å². The minimum absolute atomic E-state index is 0.286. The Labute approximate surface area is 198 Å². The van der Waals surface area contributed by atoms with E-state index in [2.05, 4.69) is 20.8 Å². The fourth-order valence-corrected chi connectivity index (χ4v) is 9.34. The summed E-state index contributed by atoms with van der Waals surface area (Å²) in [6.07, 6.45) is 15.5. The first-order chi connectivity index (χ1) is 14.9. The molecule has 0 heterocycles. The highest BCUT2D eigenvalue weighted by atomic mass is 16.5. The zero-order valence-electron chi connectivity index (χ0n) is 22.0. The average Bonchev–Trinajstić information content (AvgIpc) is 3.13. The lowest BCUT2D eigenvalue weighted by molar-refractivity contribution is -0.186. The molecule has 0 saturated heterocycles.